The number of hydrogen-bond acceptors (Lipinski definition) is 6. The molecule has 3 N–H and O–H groups in total. The molecule has 0 spiro atoms. The van der Waals surface area contributed by atoms with Crippen LogP contribution in [0.5, 0.6) is 0 Å². The van der Waals surface area contributed by atoms with E-state index in [4.69, 9.17) is 5.73 Å². The summed E-state index contributed by atoms with van der Waals surface area (Å²) in [4.78, 5) is 26.9. The van der Waals surface area contributed by atoms with E-state index in [0.717, 1.165) is 56.3 Å². The molecule has 37 heavy (non-hydrogen) atoms. The van der Waals surface area contributed by atoms with Crippen LogP contribution < -0.4 is 20.9 Å². The molecule has 0 saturated heterocycles. The number of benzene rings is 2. The van der Waals surface area contributed by atoms with Crippen molar-refractivity contribution in [1.29, 1.82) is 0 Å². The zero-order valence-corrected chi connectivity index (χ0v) is 24.8. The van der Waals surface area contributed by atoms with E-state index in [9.17, 15) is 9.59 Å². The molecule has 0 aromatic heterocycles. The van der Waals surface area contributed by atoms with Crippen molar-refractivity contribution in [3.8, 4) is 0 Å². The molecular formula is C31H52N4O2. The van der Waals surface area contributed by atoms with Crippen LogP contribution in [0.25, 0.3) is 0 Å². The lowest BCUT2D eigenvalue weighted by Gasteiger charge is -2.26. The van der Waals surface area contributed by atoms with E-state index >= 15 is 0 Å². The fraction of sp³-hybridized carbons (Fsp3) is 0.548. The maximum Gasteiger partial charge on any atom is 0.155 e. The summed E-state index contributed by atoms with van der Waals surface area (Å²) in [6.07, 6.45) is 5.74. The van der Waals surface area contributed by atoms with E-state index in [2.05, 4.69) is 46.3 Å². The van der Waals surface area contributed by atoms with Crippen molar-refractivity contribution >= 4 is 29.1 Å². The number of nitrogens with two attached hydrogens (primary N) is 1. The number of Topliss-reactive ketones (excluding diaryl/α,β-unsaturated/α-hetero) is 1. The number of unbranched alkanes of at least 4 members (excludes halogenated alkanes) is 1. The Kier molecular flexibility index (Phi) is 17.2. The highest BCUT2D eigenvalue weighted by molar-refractivity contribution is 5.88. The molecule has 0 aliphatic heterocycles. The van der Waals surface area contributed by atoms with E-state index < -0.39 is 0 Å². The van der Waals surface area contributed by atoms with Crippen molar-refractivity contribution in [3.63, 3.8) is 0 Å². The quantitative estimate of drug-likeness (QED) is 0.237. The predicted octanol–water partition coefficient (Wildman–Crippen LogP) is 6.46. The molecule has 0 aliphatic rings. The van der Waals surface area contributed by atoms with E-state index in [1.54, 1.807) is 0 Å². The fourth-order valence-corrected chi connectivity index (χ4v) is 3.95. The Morgan fingerprint density at radius 1 is 0.946 bits per heavy atom. The summed E-state index contributed by atoms with van der Waals surface area (Å²) in [5, 5.41) is 3.10. The maximum atomic E-state index is 12.1. The Balaban J connectivity index is 0.000000667. The van der Waals surface area contributed by atoms with Gasteiger partial charge in [0.25, 0.3) is 0 Å². The molecule has 0 saturated carbocycles. The number of nitrogens with zero attached hydrogens (tertiary/aromatic N) is 2. The lowest BCUT2D eigenvalue weighted by atomic mass is 9.79. The number of carbonyl (C=O) groups is 2. The first-order valence-corrected chi connectivity index (χ1v) is 13.6. The van der Waals surface area contributed by atoms with Crippen LogP contribution in [0, 0.1) is 5.41 Å². The van der Waals surface area contributed by atoms with Gasteiger partial charge >= 0.3 is 0 Å². The first-order chi connectivity index (χ1) is 17.6. The van der Waals surface area contributed by atoms with Gasteiger partial charge in [-0.2, -0.15) is 0 Å². The van der Waals surface area contributed by atoms with Gasteiger partial charge in [-0.3, -0.25) is 9.59 Å². The van der Waals surface area contributed by atoms with Crippen molar-refractivity contribution in [2.24, 2.45) is 11.1 Å². The Labute approximate surface area is 226 Å². The molecule has 6 nitrogen and oxygen atoms in total. The van der Waals surface area contributed by atoms with Crippen molar-refractivity contribution in [2.75, 3.05) is 44.5 Å². The SMILES string of the molecule is CC.CCCC(C)(C)C(=O)C(N)CCCCNC.CN(C)c1ccc(N(C)c2ccc(C=O)cc2)cc1. The van der Waals surface area contributed by atoms with Gasteiger partial charge in [-0.25, -0.2) is 0 Å². The number of aldehydes is 1. The summed E-state index contributed by atoms with van der Waals surface area (Å²) in [5.41, 5.74) is 9.74. The normalized spacial score (nSPS) is 11.3. The van der Waals surface area contributed by atoms with Gasteiger partial charge in [0, 0.05) is 49.2 Å². The summed E-state index contributed by atoms with van der Waals surface area (Å²) < 4.78 is 0. The predicted molar refractivity (Wildman–Crippen MR) is 161 cm³/mol. The minimum Gasteiger partial charge on any atom is -0.378 e. The topological polar surface area (TPSA) is 78.7 Å². The Morgan fingerprint density at radius 2 is 1.43 bits per heavy atom. The highest BCUT2D eigenvalue weighted by Gasteiger charge is 2.30. The number of hydrogen-bond donors (Lipinski definition) is 2. The third-order valence-corrected chi connectivity index (χ3v) is 6.24. The second-order valence-electron chi connectivity index (χ2n) is 9.88. The van der Waals surface area contributed by atoms with Crippen molar-refractivity contribution in [1.82, 2.24) is 5.32 Å². The number of rotatable bonds is 13. The highest BCUT2D eigenvalue weighted by Crippen LogP contribution is 2.26. The highest BCUT2D eigenvalue weighted by atomic mass is 16.1. The number of ketones is 1. The average molecular weight is 513 g/mol. The van der Waals surface area contributed by atoms with Crippen LogP contribution in [0.3, 0.4) is 0 Å². The van der Waals surface area contributed by atoms with Crippen molar-refractivity contribution in [2.45, 2.75) is 72.8 Å². The Hall–Kier alpha value is -2.70. The van der Waals surface area contributed by atoms with Crippen LogP contribution >= 0.6 is 0 Å². The Bertz CT molecular complexity index is 877. The first-order valence-electron chi connectivity index (χ1n) is 13.6. The van der Waals surface area contributed by atoms with Gasteiger partial charge in [0.1, 0.15) is 6.29 Å². The average Bonchev–Trinajstić information content (AvgIpc) is 2.91. The lowest BCUT2D eigenvalue weighted by Crippen LogP contribution is -2.40. The zero-order valence-electron chi connectivity index (χ0n) is 24.8. The molecule has 2 rings (SSSR count). The number of carbonyl (C=O) groups excluding carboxylic acids is 2. The largest absolute Gasteiger partial charge is 0.378 e. The van der Waals surface area contributed by atoms with Gasteiger partial charge in [0.15, 0.2) is 5.78 Å². The fourth-order valence-electron chi connectivity index (χ4n) is 3.95. The minimum absolute atomic E-state index is 0.221. The monoisotopic (exact) mass is 512 g/mol. The molecule has 1 atom stereocenters. The molecule has 2 aromatic rings. The van der Waals surface area contributed by atoms with Gasteiger partial charge in [-0.15, -0.1) is 0 Å². The molecule has 0 radical (unpaired) electrons. The second kappa shape index (κ2) is 18.5. The first kappa shape index (κ1) is 34.3. The van der Waals surface area contributed by atoms with Crippen LogP contribution in [0.4, 0.5) is 17.1 Å². The summed E-state index contributed by atoms with van der Waals surface area (Å²) >= 11 is 0. The van der Waals surface area contributed by atoms with Crippen LogP contribution in [0.15, 0.2) is 48.5 Å². The standard InChI is InChI=1S/C16H18N2O.C13H28N2O.C2H6/c1-17(2)14-8-10-16(11-9-14)18(3)15-6-4-13(12-19)5-7-15;1-5-9-13(2,3)12(16)11(14)8-6-7-10-15-4;1-2/h4-12H,1-3H3;11,15H,5-10,14H2,1-4H3;1-2H3. The van der Waals surface area contributed by atoms with Gasteiger partial charge in [-0.1, -0.05) is 47.5 Å². The summed E-state index contributed by atoms with van der Waals surface area (Å²) in [7, 11) is 8.00. The van der Waals surface area contributed by atoms with E-state index in [1.807, 2.05) is 80.2 Å². The van der Waals surface area contributed by atoms with E-state index in [1.165, 1.54) is 5.69 Å². The van der Waals surface area contributed by atoms with Gasteiger partial charge in [-0.05, 0) is 81.4 Å². The van der Waals surface area contributed by atoms with Crippen LogP contribution in [-0.4, -0.2) is 52.8 Å². The maximum absolute atomic E-state index is 12.1. The van der Waals surface area contributed by atoms with Crippen molar-refractivity contribution < 1.29 is 9.59 Å². The molecule has 6 heteroatoms. The molecule has 208 valence electrons. The van der Waals surface area contributed by atoms with Gasteiger partial charge < -0.3 is 20.9 Å². The smallest absolute Gasteiger partial charge is 0.155 e. The van der Waals surface area contributed by atoms with Gasteiger partial charge in [0.05, 0.1) is 6.04 Å². The van der Waals surface area contributed by atoms with Crippen molar-refractivity contribution in [3.05, 3.63) is 54.1 Å². The third kappa shape index (κ3) is 12.4. The number of nitrogens with one attached hydrogen (secondary N) is 1. The summed E-state index contributed by atoms with van der Waals surface area (Å²) in [6.45, 7) is 11.1. The van der Waals surface area contributed by atoms with Crippen LogP contribution in [0.2, 0.25) is 0 Å². The summed E-state index contributed by atoms with van der Waals surface area (Å²) in [5.74, 6) is 0.221. The molecule has 0 aliphatic carbocycles. The van der Waals surface area contributed by atoms with Gasteiger partial charge in [0.2, 0.25) is 0 Å². The molecule has 0 bridgehead atoms. The molecule has 1 unspecified atom stereocenters. The molecule has 2 aromatic carbocycles. The lowest BCUT2D eigenvalue weighted by molar-refractivity contribution is -0.129. The third-order valence-electron chi connectivity index (χ3n) is 6.24. The van der Waals surface area contributed by atoms with E-state index in [-0.39, 0.29) is 17.2 Å². The molecule has 0 heterocycles. The van der Waals surface area contributed by atoms with E-state index in [0.29, 0.717) is 5.56 Å². The summed E-state index contributed by atoms with van der Waals surface area (Å²) in [6, 6.07) is 15.6. The van der Waals surface area contributed by atoms with Crippen LogP contribution in [-0.2, 0) is 4.79 Å². The number of anilines is 3. The second-order valence-corrected chi connectivity index (χ2v) is 9.88. The molecular weight excluding hydrogens is 460 g/mol. The minimum atomic E-state index is -0.279. The molecule has 0 fully saturated rings. The van der Waals surface area contributed by atoms with Crippen LogP contribution in [0.1, 0.15) is 77.1 Å². The Morgan fingerprint density at radius 3 is 1.86 bits per heavy atom. The molecule has 0 amide bonds. The zero-order chi connectivity index (χ0) is 28.4.